The van der Waals surface area contributed by atoms with Gasteiger partial charge in [-0.3, -0.25) is 0 Å². The molecule has 2 heterocycles. The Morgan fingerprint density at radius 3 is 2.73 bits per heavy atom. The molecule has 6 heteroatoms. The highest BCUT2D eigenvalue weighted by Crippen LogP contribution is 2.20. The molecule has 0 fully saturated rings. The van der Waals surface area contributed by atoms with Crippen LogP contribution in [0.4, 0.5) is 5.95 Å². The summed E-state index contributed by atoms with van der Waals surface area (Å²) in [4.78, 5) is 7.86. The van der Waals surface area contributed by atoms with Crippen molar-refractivity contribution in [2.24, 2.45) is 0 Å². The average molecular weight is 243 g/mol. The number of imidazole rings is 1. The summed E-state index contributed by atoms with van der Waals surface area (Å²) in [6.45, 7) is 0.579. The number of nitrogens with zero attached hydrogens (tertiary/aromatic N) is 3. The van der Waals surface area contributed by atoms with Crippen molar-refractivity contribution in [3.05, 3.63) is 40.4 Å². The molecule has 0 unspecified atom stereocenters. The molecule has 2 aromatic heterocycles. The van der Waals surface area contributed by atoms with E-state index in [2.05, 4.69) is 9.97 Å². The number of nitrogens with two attached hydrogens (primary N) is 1. The van der Waals surface area contributed by atoms with Gasteiger partial charge in [0.25, 0.3) is 0 Å². The van der Waals surface area contributed by atoms with E-state index >= 15 is 0 Å². The lowest BCUT2D eigenvalue weighted by Gasteiger charge is -2.05. The highest BCUT2D eigenvalue weighted by atomic mass is 35.5. The van der Waals surface area contributed by atoms with Gasteiger partial charge in [0.05, 0.1) is 11.6 Å². The largest absolute Gasteiger partial charge is 0.369 e. The summed E-state index contributed by atoms with van der Waals surface area (Å²) >= 11 is 11.6. The van der Waals surface area contributed by atoms with Crippen LogP contribution in [0.15, 0.2) is 24.7 Å². The number of halogens is 2. The van der Waals surface area contributed by atoms with Gasteiger partial charge in [0.1, 0.15) is 5.15 Å². The number of hydrogen-bond donors (Lipinski definition) is 1. The lowest BCUT2D eigenvalue weighted by Crippen LogP contribution is -2.03. The fraction of sp³-hybridized carbons (Fsp3) is 0.111. The van der Waals surface area contributed by atoms with E-state index in [4.69, 9.17) is 28.9 Å². The monoisotopic (exact) mass is 242 g/mol. The van der Waals surface area contributed by atoms with Gasteiger partial charge in [-0.1, -0.05) is 23.2 Å². The summed E-state index contributed by atoms with van der Waals surface area (Å²) in [5, 5.41) is 0.742. The molecular formula is C9H8Cl2N4. The molecule has 2 rings (SSSR count). The van der Waals surface area contributed by atoms with E-state index in [-0.39, 0.29) is 0 Å². The highest BCUT2D eigenvalue weighted by molar-refractivity contribution is 6.41. The first-order valence-electron chi connectivity index (χ1n) is 4.23. The first kappa shape index (κ1) is 10.3. The van der Waals surface area contributed by atoms with Crippen LogP contribution in [0.2, 0.25) is 10.2 Å². The summed E-state index contributed by atoms with van der Waals surface area (Å²) in [5.41, 5.74) is 6.55. The van der Waals surface area contributed by atoms with Crippen molar-refractivity contribution >= 4 is 29.2 Å². The van der Waals surface area contributed by atoms with Crippen LogP contribution < -0.4 is 5.73 Å². The Hall–Kier alpha value is -1.26. The zero-order chi connectivity index (χ0) is 10.8. The Labute approximate surface area is 96.7 Å². The summed E-state index contributed by atoms with van der Waals surface area (Å²) in [5.74, 6) is 0.459. The molecule has 78 valence electrons. The number of aromatic nitrogens is 3. The molecule has 4 nitrogen and oxygen atoms in total. The van der Waals surface area contributed by atoms with E-state index in [1.807, 2.05) is 0 Å². The van der Waals surface area contributed by atoms with Crippen molar-refractivity contribution < 1.29 is 0 Å². The van der Waals surface area contributed by atoms with Gasteiger partial charge in [-0.05, 0) is 11.6 Å². The number of hydrogen-bond acceptors (Lipinski definition) is 3. The molecule has 0 aliphatic carbocycles. The summed E-state index contributed by atoms with van der Waals surface area (Å²) in [6, 6.07) is 1.76. The molecule has 0 aliphatic heterocycles. The van der Waals surface area contributed by atoms with Crippen molar-refractivity contribution in [3.8, 4) is 0 Å². The van der Waals surface area contributed by atoms with Crippen molar-refractivity contribution in [2.75, 3.05) is 5.73 Å². The fourth-order valence-corrected chi connectivity index (χ4v) is 1.51. The molecule has 0 aliphatic rings. The molecule has 2 N–H and O–H groups in total. The molecule has 0 amide bonds. The second-order valence-corrected chi connectivity index (χ2v) is 3.79. The maximum absolute atomic E-state index is 5.84. The molecule has 0 saturated carbocycles. The maximum Gasteiger partial charge on any atom is 0.200 e. The minimum absolute atomic E-state index is 0.305. The standard InChI is InChI=1S/C9H8Cl2N4/c10-7-3-6(4-14-8(7)11)5-15-2-1-13-9(15)12/h1-4H,5H2,(H2,12,13). The van der Waals surface area contributed by atoms with Crippen LogP contribution in [-0.2, 0) is 6.54 Å². The summed E-state index contributed by atoms with van der Waals surface area (Å²) < 4.78 is 1.79. The Balaban J connectivity index is 2.25. The third-order valence-corrected chi connectivity index (χ3v) is 2.64. The van der Waals surface area contributed by atoms with Crippen LogP contribution in [0.1, 0.15) is 5.56 Å². The number of rotatable bonds is 2. The second kappa shape index (κ2) is 4.08. The second-order valence-electron chi connectivity index (χ2n) is 3.03. The van der Waals surface area contributed by atoms with Gasteiger partial charge in [0, 0.05) is 18.6 Å². The topological polar surface area (TPSA) is 56.7 Å². The van der Waals surface area contributed by atoms with Gasteiger partial charge in [0.2, 0.25) is 0 Å². The Morgan fingerprint density at radius 2 is 2.13 bits per heavy atom. The van der Waals surface area contributed by atoms with Crippen LogP contribution in [0.3, 0.4) is 0 Å². The van der Waals surface area contributed by atoms with Crippen molar-refractivity contribution in [1.82, 2.24) is 14.5 Å². The molecular weight excluding hydrogens is 235 g/mol. The van der Waals surface area contributed by atoms with Crippen LogP contribution in [0.25, 0.3) is 0 Å². The molecule has 0 radical (unpaired) electrons. The van der Waals surface area contributed by atoms with E-state index in [9.17, 15) is 0 Å². The smallest absolute Gasteiger partial charge is 0.200 e. The summed E-state index contributed by atoms with van der Waals surface area (Å²) in [7, 11) is 0. The lowest BCUT2D eigenvalue weighted by molar-refractivity contribution is 0.806. The van der Waals surface area contributed by atoms with Gasteiger partial charge < -0.3 is 10.3 Å². The Bertz CT molecular complexity index is 481. The maximum atomic E-state index is 5.84. The van der Waals surface area contributed by atoms with Gasteiger partial charge in [-0.15, -0.1) is 0 Å². The molecule has 0 aromatic carbocycles. The van der Waals surface area contributed by atoms with E-state index in [0.29, 0.717) is 22.7 Å². The minimum Gasteiger partial charge on any atom is -0.369 e. The van der Waals surface area contributed by atoms with Crippen LogP contribution >= 0.6 is 23.2 Å². The van der Waals surface area contributed by atoms with Crippen molar-refractivity contribution in [3.63, 3.8) is 0 Å². The SMILES string of the molecule is Nc1nccn1Cc1cnc(Cl)c(Cl)c1. The third-order valence-electron chi connectivity index (χ3n) is 1.95. The predicted molar refractivity (Wildman–Crippen MR) is 60.0 cm³/mol. The first-order chi connectivity index (χ1) is 7.16. The number of anilines is 1. The van der Waals surface area contributed by atoms with Crippen LogP contribution in [0.5, 0.6) is 0 Å². The molecule has 0 spiro atoms. The first-order valence-corrected chi connectivity index (χ1v) is 4.99. The summed E-state index contributed by atoms with van der Waals surface area (Å²) in [6.07, 6.45) is 5.09. The Morgan fingerprint density at radius 1 is 1.33 bits per heavy atom. The zero-order valence-electron chi connectivity index (χ0n) is 7.69. The third kappa shape index (κ3) is 2.22. The van der Waals surface area contributed by atoms with E-state index in [1.54, 1.807) is 29.2 Å². The Kier molecular flexibility index (Phi) is 2.79. The van der Waals surface area contributed by atoms with E-state index in [1.165, 1.54) is 0 Å². The quantitative estimate of drug-likeness (QED) is 0.822. The lowest BCUT2D eigenvalue weighted by atomic mass is 10.3. The van der Waals surface area contributed by atoms with Crippen LogP contribution in [-0.4, -0.2) is 14.5 Å². The normalized spacial score (nSPS) is 10.5. The van der Waals surface area contributed by atoms with Gasteiger partial charge in [-0.25, -0.2) is 9.97 Å². The number of nitrogen functional groups attached to an aromatic ring is 1. The molecule has 2 aromatic rings. The predicted octanol–water partition coefficient (Wildman–Crippen LogP) is 2.22. The molecule has 15 heavy (non-hydrogen) atoms. The molecule has 0 saturated heterocycles. The minimum atomic E-state index is 0.305. The van der Waals surface area contributed by atoms with Crippen molar-refractivity contribution in [1.29, 1.82) is 0 Å². The molecule has 0 bridgehead atoms. The average Bonchev–Trinajstić information content (AvgIpc) is 2.59. The number of pyridine rings is 1. The van der Waals surface area contributed by atoms with E-state index < -0.39 is 0 Å². The van der Waals surface area contributed by atoms with E-state index in [0.717, 1.165) is 5.56 Å². The van der Waals surface area contributed by atoms with Crippen LogP contribution in [0, 0.1) is 0 Å². The van der Waals surface area contributed by atoms with Crippen molar-refractivity contribution in [2.45, 2.75) is 6.54 Å². The van der Waals surface area contributed by atoms with Gasteiger partial charge in [-0.2, -0.15) is 0 Å². The van der Waals surface area contributed by atoms with Gasteiger partial charge in [0.15, 0.2) is 5.95 Å². The zero-order valence-corrected chi connectivity index (χ0v) is 9.20. The fourth-order valence-electron chi connectivity index (χ4n) is 1.22. The molecule has 0 atom stereocenters. The van der Waals surface area contributed by atoms with Gasteiger partial charge >= 0.3 is 0 Å². The highest BCUT2D eigenvalue weighted by Gasteiger charge is 2.03.